The van der Waals surface area contributed by atoms with Gasteiger partial charge in [-0.25, -0.2) is 24.0 Å². The minimum atomic E-state index is -2.65. The molecule has 0 radical (unpaired) electrons. The molecular formula is C60H92O51. The van der Waals surface area contributed by atoms with Gasteiger partial charge >= 0.3 is 29.8 Å². The lowest BCUT2D eigenvalue weighted by Gasteiger charge is -2.50. The Labute approximate surface area is 622 Å². The molecule has 0 amide bonds. The molecule has 10 aliphatic heterocycles. The molecule has 10 heterocycles. The van der Waals surface area contributed by atoms with Crippen molar-refractivity contribution in [2.45, 2.75) is 342 Å². The Morgan fingerprint density at radius 1 is 0.180 bits per heavy atom. The first-order chi connectivity index (χ1) is 51.9. The van der Waals surface area contributed by atoms with Crippen molar-refractivity contribution in [3.05, 3.63) is 0 Å². The SMILES string of the molecule is CC1OC(O)C(OC2OC(C(=O)O)C(OC3OC(C)C(O)C(O)C3OC3OC(C(=O)O)C(OC4OC(C)C(O)C(O)C4OC4OC(C(=O)O)C(OC5OC(C)C(O)C(O)C5OC5OC(C(=O)O)C(OC6OC(C)C(O)C(O)C6OC6OC(C(=O)O)C(O)C(O)C6O)C(O)C5O)C(O)C4O)C(O)C3O)C(O)C2O)C(O)C1O. The van der Waals surface area contributed by atoms with Gasteiger partial charge in [0.25, 0.3) is 0 Å². The van der Waals surface area contributed by atoms with Crippen LogP contribution in [0.5, 0.6) is 0 Å². The number of carbonyl (C=O) groups is 5. The average Bonchev–Trinajstić information content (AvgIpc) is 0.769. The van der Waals surface area contributed by atoms with E-state index in [-0.39, 0.29) is 0 Å². The van der Waals surface area contributed by atoms with E-state index in [1.807, 2.05) is 0 Å². The fourth-order valence-electron chi connectivity index (χ4n) is 14.0. The molecule has 0 aromatic carbocycles. The molecule has 27 N–H and O–H groups in total. The van der Waals surface area contributed by atoms with Gasteiger partial charge in [0.1, 0.15) is 183 Å². The maximum absolute atomic E-state index is 13.2. The van der Waals surface area contributed by atoms with Gasteiger partial charge in [0, 0.05) is 0 Å². The van der Waals surface area contributed by atoms with Crippen molar-refractivity contribution < 1.29 is 252 Å². The first-order valence-corrected chi connectivity index (χ1v) is 34.4. The van der Waals surface area contributed by atoms with Crippen molar-refractivity contribution in [2.24, 2.45) is 0 Å². The summed E-state index contributed by atoms with van der Waals surface area (Å²) in [5.41, 5.74) is 0. The number of carboxylic acid groups (broad SMARTS) is 5. The van der Waals surface area contributed by atoms with E-state index in [4.69, 9.17) is 90.0 Å². The van der Waals surface area contributed by atoms with Crippen LogP contribution in [0.3, 0.4) is 0 Å². The molecule has 10 saturated heterocycles. The van der Waals surface area contributed by atoms with E-state index in [0.717, 1.165) is 27.7 Å². The molecule has 51 heteroatoms. The number of hydrogen-bond acceptors (Lipinski definition) is 46. The summed E-state index contributed by atoms with van der Waals surface area (Å²) in [5, 5.41) is 296. The van der Waals surface area contributed by atoms with Gasteiger partial charge in [0.2, 0.25) is 0 Å². The van der Waals surface area contributed by atoms with Gasteiger partial charge in [-0.05, 0) is 34.6 Å². The highest BCUT2D eigenvalue weighted by atomic mass is 16.8. The van der Waals surface area contributed by atoms with Crippen molar-refractivity contribution in [2.75, 3.05) is 0 Å². The Morgan fingerprint density at radius 3 is 0.577 bits per heavy atom. The summed E-state index contributed by atoms with van der Waals surface area (Å²) in [4.78, 5) is 63.7. The minimum Gasteiger partial charge on any atom is -0.479 e. The predicted octanol–water partition coefficient (Wildman–Crippen LogP) is -17.2. The van der Waals surface area contributed by atoms with Crippen LogP contribution in [0.25, 0.3) is 0 Å². The van der Waals surface area contributed by atoms with Gasteiger partial charge in [-0.15, -0.1) is 0 Å². The zero-order valence-electron chi connectivity index (χ0n) is 58.2. The number of ether oxygens (including phenoxy) is 19. The molecule has 0 spiro atoms. The van der Waals surface area contributed by atoms with Gasteiger partial charge < -0.3 is 228 Å². The highest BCUT2D eigenvalue weighted by Crippen LogP contribution is 2.41. The molecule has 0 aromatic rings. The molecule has 10 rings (SSSR count). The average molecular weight is 1630 g/mol. The van der Waals surface area contributed by atoms with E-state index in [1.165, 1.54) is 6.92 Å². The van der Waals surface area contributed by atoms with Crippen LogP contribution >= 0.6 is 0 Å². The smallest absolute Gasteiger partial charge is 0.335 e. The maximum Gasteiger partial charge on any atom is 0.335 e. The van der Waals surface area contributed by atoms with Crippen LogP contribution in [0.2, 0.25) is 0 Å². The monoisotopic (exact) mass is 1630 g/mol. The Balaban J connectivity index is 0.820. The van der Waals surface area contributed by atoms with Crippen molar-refractivity contribution in [1.29, 1.82) is 0 Å². The van der Waals surface area contributed by atoms with E-state index in [2.05, 4.69) is 0 Å². The van der Waals surface area contributed by atoms with E-state index >= 15 is 0 Å². The second-order valence-electron chi connectivity index (χ2n) is 28.1. The summed E-state index contributed by atoms with van der Waals surface area (Å²) in [6, 6.07) is 0. The van der Waals surface area contributed by atoms with E-state index < -0.39 is 337 Å². The highest BCUT2D eigenvalue weighted by Gasteiger charge is 2.63. The second kappa shape index (κ2) is 35.9. The van der Waals surface area contributed by atoms with Crippen molar-refractivity contribution in [3.8, 4) is 0 Å². The molecule has 638 valence electrons. The van der Waals surface area contributed by atoms with E-state index in [0.29, 0.717) is 0 Å². The molecule has 51 nitrogen and oxygen atoms in total. The second-order valence-corrected chi connectivity index (χ2v) is 28.1. The summed E-state index contributed by atoms with van der Waals surface area (Å²) in [5.74, 6) is -10.1. The van der Waals surface area contributed by atoms with Crippen LogP contribution in [-0.2, 0) is 114 Å². The summed E-state index contributed by atoms with van der Waals surface area (Å²) in [7, 11) is 0. The number of hydrogen-bond donors (Lipinski definition) is 27. The Hall–Kier alpha value is -4.29. The zero-order chi connectivity index (χ0) is 82.2. The van der Waals surface area contributed by atoms with Crippen molar-refractivity contribution in [1.82, 2.24) is 0 Å². The highest BCUT2D eigenvalue weighted by molar-refractivity contribution is 5.75. The van der Waals surface area contributed by atoms with Gasteiger partial charge in [0.05, 0.1) is 30.5 Å². The lowest BCUT2D eigenvalue weighted by molar-refractivity contribution is -0.405. The third kappa shape index (κ3) is 17.9. The topological polar surface area (TPSA) is 807 Å². The minimum absolute atomic E-state index is 1.09. The summed E-state index contributed by atoms with van der Waals surface area (Å²) >= 11 is 0. The van der Waals surface area contributed by atoms with E-state index in [9.17, 15) is 162 Å². The van der Waals surface area contributed by atoms with Crippen LogP contribution < -0.4 is 0 Å². The third-order valence-corrected chi connectivity index (χ3v) is 20.5. The number of aliphatic hydroxyl groups excluding tert-OH is 22. The van der Waals surface area contributed by atoms with Gasteiger partial charge in [-0.2, -0.15) is 0 Å². The number of aliphatic hydroxyl groups is 22. The normalized spacial score (nSPS) is 53.5. The number of aliphatic carboxylic acids is 5. The molecule has 50 atom stereocenters. The zero-order valence-corrected chi connectivity index (χ0v) is 58.2. The van der Waals surface area contributed by atoms with Crippen LogP contribution in [-0.4, -0.2) is 475 Å². The van der Waals surface area contributed by atoms with Crippen LogP contribution in [0, 0.1) is 0 Å². The lowest BCUT2D eigenvalue weighted by Crippen LogP contribution is -2.69. The van der Waals surface area contributed by atoms with Crippen molar-refractivity contribution in [3.63, 3.8) is 0 Å². The number of carboxylic acids is 5. The molecule has 0 saturated carbocycles. The molecule has 10 aliphatic rings. The van der Waals surface area contributed by atoms with Gasteiger partial charge in [-0.3, -0.25) is 0 Å². The fourth-order valence-corrected chi connectivity index (χ4v) is 14.0. The number of rotatable bonds is 23. The molecule has 10 fully saturated rings. The maximum atomic E-state index is 13.2. The third-order valence-electron chi connectivity index (χ3n) is 20.5. The van der Waals surface area contributed by atoms with Crippen LogP contribution in [0.1, 0.15) is 34.6 Å². The van der Waals surface area contributed by atoms with Crippen molar-refractivity contribution >= 4 is 29.8 Å². The summed E-state index contributed by atoms with van der Waals surface area (Å²) < 4.78 is 106. The van der Waals surface area contributed by atoms with E-state index in [1.54, 1.807) is 0 Å². The van der Waals surface area contributed by atoms with Gasteiger partial charge in [-0.1, -0.05) is 0 Å². The largest absolute Gasteiger partial charge is 0.479 e. The Bertz CT molecular complexity index is 3130. The van der Waals surface area contributed by atoms with Gasteiger partial charge in [0.15, 0.2) is 93.4 Å². The quantitative estimate of drug-likeness (QED) is 0.0452. The Morgan fingerprint density at radius 2 is 0.351 bits per heavy atom. The first-order valence-electron chi connectivity index (χ1n) is 34.4. The standard InChI is InChI=1S/C60H92O51/c1-6-11(61)17(67)37(51(92)93-6)103-53-28(78)23(73)32(42(108-53)47(84)85)98-58-39(19(69)13(63)8(3)95-58)105-55-30(80)25(75)34(44(110-55)49(88)89)100-60-41(21(71)15(65)10(5)97-60)107-56-31(81)26(76)35(45(111-56)50(90)91)101-59-40(20(70)14(64)9(4)96-59)106-54-29(79)24(74)33(43(109-54)48(86)87)99-57-38(18(68)12(62)7(2)94-57)104-52-27(77)16(66)22(72)36(102-52)46(82)83/h6-45,51-81,92H,1-5H3,(H,82,83)(H,84,85)(H,86,87)(H,88,89)(H,90,91). The Kier molecular flexibility index (Phi) is 28.8. The molecule has 111 heavy (non-hydrogen) atoms. The summed E-state index contributed by atoms with van der Waals surface area (Å²) in [6.07, 6.45) is -112. The molecular weight excluding hydrogens is 1540 g/mol. The predicted molar refractivity (Wildman–Crippen MR) is 325 cm³/mol. The van der Waals surface area contributed by atoms with Crippen LogP contribution in [0.4, 0.5) is 0 Å². The van der Waals surface area contributed by atoms with Crippen LogP contribution in [0.15, 0.2) is 0 Å². The molecule has 50 unspecified atom stereocenters. The fraction of sp³-hybridized carbons (Fsp3) is 0.917. The lowest BCUT2D eigenvalue weighted by atomic mass is 9.95. The summed E-state index contributed by atoms with van der Waals surface area (Å²) in [6.45, 7) is 5.74. The first kappa shape index (κ1) is 89.1. The molecule has 0 aliphatic carbocycles. The molecule has 0 bridgehead atoms. The molecule has 0 aromatic heterocycles.